The average molecular weight is 388 g/mol. The van der Waals surface area contributed by atoms with Crippen LogP contribution in [-0.2, 0) is 0 Å². The highest BCUT2D eigenvalue weighted by Crippen LogP contribution is 2.34. The Bertz CT molecular complexity index is 456. The van der Waals surface area contributed by atoms with Gasteiger partial charge < -0.3 is 10.4 Å². The molecule has 0 aliphatic carbocycles. The van der Waals surface area contributed by atoms with E-state index < -0.39 is 5.82 Å². The summed E-state index contributed by atoms with van der Waals surface area (Å²) < 4.78 is 14.2. The molecule has 114 valence electrons. The number of hydrogen-bond donors (Lipinski definition) is 2. The molecule has 1 aliphatic rings. The predicted molar refractivity (Wildman–Crippen MR) is 87.6 cm³/mol. The van der Waals surface area contributed by atoms with Crippen molar-refractivity contribution in [2.45, 2.75) is 6.04 Å². The van der Waals surface area contributed by atoms with E-state index in [1.807, 2.05) is 0 Å². The third-order valence-corrected chi connectivity index (χ3v) is 3.60. The molecule has 1 fully saturated rings. The topological polar surface area (TPSA) is 35.5 Å². The highest BCUT2D eigenvalue weighted by atomic mass is 79.9. The van der Waals surface area contributed by atoms with Crippen LogP contribution in [0, 0.1) is 5.82 Å². The zero-order valence-corrected chi connectivity index (χ0v) is 14.0. The molecule has 2 rings (SSSR count). The van der Waals surface area contributed by atoms with E-state index in [0.29, 0.717) is 10.0 Å². The van der Waals surface area contributed by atoms with Crippen LogP contribution in [0.3, 0.4) is 0 Å². The van der Waals surface area contributed by atoms with Crippen LogP contribution < -0.4 is 5.32 Å². The predicted octanol–water partition coefficient (Wildman–Crippen LogP) is 3.27. The number of nitrogens with zero attached hydrogens (tertiary/aromatic N) is 1. The number of halogens is 4. The summed E-state index contributed by atoms with van der Waals surface area (Å²) in [5, 5.41) is 13.1. The van der Waals surface area contributed by atoms with Gasteiger partial charge in [0.2, 0.25) is 0 Å². The Morgan fingerprint density at radius 1 is 1.35 bits per heavy atom. The monoisotopic (exact) mass is 386 g/mol. The molecule has 0 spiro atoms. The first-order valence-corrected chi connectivity index (χ1v) is 6.68. The largest absolute Gasteiger partial charge is 0.505 e. The number of rotatable bonds is 3. The number of nitrogens with one attached hydrogen (secondary N) is 1. The molecule has 1 heterocycles. The van der Waals surface area contributed by atoms with E-state index in [1.54, 1.807) is 12.1 Å². The van der Waals surface area contributed by atoms with Gasteiger partial charge >= 0.3 is 0 Å². The summed E-state index contributed by atoms with van der Waals surface area (Å²) in [5.74, 6) is -0.900. The molecule has 0 unspecified atom stereocenters. The van der Waals surface area contributed by atoms with Gasteiger partial charge in [-0.25, -0.2) is 4.39 Å². The third-order valence-electron chi connectivity index (χ3n) is 3.14. The summed E-state index contributed by atoms with van der Waals surface area (Å²) in [6.07, 6.45) is 1.74. The van der Waals surface area contributed by atoms with Gasteiger partial charge in [-0.2, -0.15) is 0 Å². The fourth-order valence-corrected chi connectivity index (χ4v) is 2.69. The van der Waals surface area contributed by atoms with Gasteiger partial charge in [0, 0.05) is 36.2 Å². The second kappa shape index (κ2) is 8.85. The van der Waals surface area contributed by atoms with Gasteiger partial charge in [0.15, 0.2) is 11.6 Å². The first-order valence-electron chi connectivity index (χ1n) is 5.88. The lowest BCUT2D eigenvalue weighted by Crippen LogP contribution is -2.44. The molecule has 1 aromatic carbocycles. The van der Waals surface area contributed by atoms with Crippen molar-refractivity contribution in [3.63, 3.8) is 0 Å². The minimum Gasteiger partial charge on any atom is -0.505 e. The Morgan fingerprint density at radius 2 is 1.95 bits per heavy atom. The summed E-state index contributed by atoms with van der Waals surface area (Å²) in [7, 11) is 0. The van der Waals surface area contributed by atoms with E-state index in [1.165, 1.54) is 6.07 Å². The van der Waals surface area contributed by atoms with Gasteiger partial charge in [-0.05, 0) is 12.1 Å². The molecule has 20 heavy (non-hydrogen) atoms. The van der Waals surface area contributed by atoms with E-state index in [2.05, 4.69) is 32.7 Å². The Balaban J connectivity index is 0.00000180. The molecule has 1 aliphatic heterocycles. The number of phenols is 1. The first-order chi connectivity index (χ1) is 8.63. The number of aromatic hydroxyl groups is 1. The van der Waals surface area contributed by atoms with Crippen LogP contribution in [0.1, 0.15) is 11.6 Å². The highest BCUT2D eigenvalue weighted by molar-refractivity contribution is 9.10. The zero-order chi connectivity index (χ0) is 13.1. The van der Waals surface area contributed by atoms with Crippen LogP contribution >= 0.6 is 40.7 Å². The van der Waals surface area contributed by atoms with Crippen molar-refractivity contribution in [2.24, 2.45) is 0 Å². The second-order valence-electron chi connectivity index (χ2n) is 4.29. The second-order valence-corrected chi connectivity index (χ2v) is 5.21. The first kappa shape index (κ1) is 19.7. The molecule has 0 aromatic heterocycles. The number of phenolic OH excluding ortho intramolecular Hbond substituents is 1. The lowest BCUT2D eigenvalue weighted by Gasteiger charge is -2.33. The molecule has 1 atom stereocenters. The minimum absolute atomic E-state index is 0. The Morgan fingerprint density at radius 3 is 2.50 bits per heavy atom. The Kier molecular flexibility index (Phi) is 8.70. The van der Waals surface area contributed by atoms with E-state index in [9.17, 15) is 9.50 Å². The molecule has 0 radical (unpaired) electrons. The quantitative estimate of drug-likeness (QED) is 0.781. The van der Waals surface area contributed by atoms with Crippen LogP contribution in [-0.4, -0.2) is 36.2 Å². The lowest BCUT2D eigenvalue weighted by atomic mass is 10.0. The molecule has 0 bridgehead atoms. The fourth-order valence-electron chi connectivity index (χ4n) is 2.24. The number of benzene rings is 1. The number of piperazine rings is 1. The highest BCUT2D eigenvalue weighted by Gasteiger charge is 2.23. The van der Waals surface area contributed by atoms with Crippen LogP contribution in [0.25, 0.3) is 0 Å². The van der Waals surface area contributed by atoms with Crippen LogP contribution in [0.2, 0.25) is 0 Å². The van der Waals surface area contributed by atoms with E-state index >= 15 is 0 Å². The fraction of sp³-hybridized carbons (Fsp3) is 0.385. The maximum atomic E-state index is 13.6. The SMILES string of the molecule is C=C[C@@H](c1cc(Br)cc(F)c1O)N1CCNCC1.Cl.Cl. The van der Waals surface area contributed by atoms with Gasteiger partial charge in [-0.3, -0.25) is 4.90 Å². The summed E-state index contributed by atoms with van der Waals surface area (Å²) in [6.45, 7) is 7.29. The van der Waals surface area contributed by atoms with Crippen molar-refractivity contribution in [3.8, 4) is 5.75 Å². The summed E-state index contributed by atoms with van der Waals surface area (Å²) in [5.41, 5.74) is 0.554. The smallest absolute Gasteiger partial charge is 0.166 e. The van der Waals surface area contributed by atoms with Gasteiger partial charge in [0.25, 0.3) is 0 Å². The molecular weight excluding hydrogens is 370 g/mol. The van der Waals surface area contributed by atoms with Gasteiger partial charge in [0.05, 0.1) is 6.04 Å². The van der Waals surface area contributed by atoms with Crippen LogP contribution in [0.15, 0.2) is 29.3 Å². The van der Waals surface area contributed by atoms with Crippen molar-refractivity contribution >= 4 is 40.7 Å². The van der Waals surface area contributed by atoms with Crippen molar-refractivity contribution < 1.29 is 9.50 Å². The Hall–Kier alpha value is -0.330. The van der Waals surface area contributed by atoms with Gasteiger partial charge in [-0.15, -0.1) is 31.4 Å². The molecule has 1 saturated heterocycles. The Labute approximate surface area is 139 Å². The molecule has 3 nitrogen and oxygen atoms in total. The standard InChI is InChI=1S/C13H16BrFN2O.2ClH/c1-2-12(17-5-3-16-4-6-17)10-7-9(14)8-11(15)13(10)18;;/h2,7-8,12,16,18H,1,3-6H2;2*1H/t12-;;/m0../s1. The normalized spacial score (nSPS) is 16.7. The molecule has 0 saturated carbocycles. The zero-order valence-electron chi connectivity index (χ0n) is 10.8. The van der Waals surface area contributed by atoms with Crippen LogP contribution in [0.4, 0.5) is 4.39 Å². The molecule has 2 N–H and O–H groups in total. The average Bonchev–Trinajstić information content (AvgIpc) is 2.37. The number of hydrogen-bond acceptors (Lipinski definition) is 3. The lowest BCUT2D eigenvalue weighted by molar-refractivity contribution is 0.200. The maximum absolute atomic E-state index is 13.6. The molecule has 7 heteroatoms. The van der Waals surface area contributed by atoms with E-state index in [4.69, 9.17) is 0 Å². The molecule has 0 amide bonds. The van der Waals surface area contributed by atoms with E-state index in [0.717, 1.165) is 26.2 Å². The van der Waals surface area contributed by atoms with Crippen molar-refractivity contribution in [1.82, 2.24) is 10.2 Å². The van der Waals surface area contributed by atoms with Crippen LogP contribution in [0.5, 0.6) is 5.75 Å². The maximum Gasteiger partial charge on any atom is 0.166 e. The van der Waals surface area contributed by atoms with Crippen molar-refractivity contribution in [3.05, 3.63) is 40.6 Å². The van der Waals surface area contributed by atoms with Gasteiger partial charge in [0.1, 0.15) is 0 Å². The summed E-state index contributed by atoms with van der Waals surface area (Å²) >= 11 is 3.25. The van der Waals surface area contributed by atoms with Gasteiger partial charge in [-0.1, -0.05) is 22.0 Å². The summed E-state index contributed by atoms with van der Waals surface area (Å²) in [4.78, 5) is 2.17. The summed E-state index contributed by atoms with van der Waals surface area (Å²) in [6, 6.07) is 2.84. The van der Waals surface area contributed by atoms with E-state index in [-0.39, 0.29) is 36.6 Å². The van der Waals surface area contributed by atoms with Crippen molar-refractivity contribution in [2.75, 3.05) is 26.2 Å². The molecule has 1 aromatic rings. The van der Waals surface area contributed by atoms with Crippen molar-refractivity contribution in [1.29, 1.82) is 0 Å². The molecular formula is C13H18BrCl2FN2O. The third kappa shape index (κ3) is 4.33. The minimum atomic E-state index is -0.610.